The fourth-order valence-corrected chi connectivity index (χ4v) is 1.73. The molecule has 0 aliphatic carbocycles. The number of hydrogen-bond donors (Lipinski definition) is 1. The second kappa shape index (κ2) is 6.31. The molecule has 2 rings (SSSR count). The number of ether oxygens (including phenoxy) is 3. The predicted octanol–water partition coefficient (Wildman–Crippen LogP) is 0.827. The fourth-order valence-electron chi connectivity index (χ4n) is 1.73. The Labute approximate surface area is 110 Å². The summed E-state index contributed by atoms with van der Waals surface area (Å²) in [6.45, 7) is 1.09. The van der Waals surface area contributed by atoms with Gasteiger partial charge in [0, 0.05) is 0 Å². The first-order valence-electron chi connectivity index (χ1n) is 5.90. The molecule has 1 amide bonds. The van der Waals surface area contributed by atoms with E-state index in [-0.39, 0.29) is 12.5 Å². The van der Waals surface area contributed by atoms with E-state index in [1.807, 2.05) is 0 Å². The van der Waals surface area contributed by atoms with E-state index >= 15 is 0 Å². The number of amides is 1. The molecule has 1 aromatic rings. The number of esters is 1. The van der Waals surface area contributed by atoms with Crippen LogP contribution >= 0.6 is 0 Å². The number of anilines is 1. The Hall–Kier alpha value is -1.92. The first kappa shape index (κ1) is 13.5. The molecule has 102 valence electrons. The number of nitrogens with one attached hydrogen (secondary N) is 1. The number of carbonyl (C=O) groups excluding carboxylic acids is 2. The summed E-state index contributed by atoms with van der Waals surface area (Å²) in [6.07, 6.45) is -0.653. The Kier molecular flexibility index (Phi) is 4.48. The van der Waals surface area contributed by atoms with Crippen LogP contribution < -0.4 is 5.32 Å². The summed E-state index contributed by atoms with van der Waals surface area (Å²) in [4.78, 5) is 23.5. The maximum atomic E-state index is 12.0. The molecule has 1 aliphatic rings. The Morgan fingerprint density at radius 2 is 2.11 bits per heavy atom. The third-order valence-corrected chi connectivity index (χ3v) is 2.70. The molecule has 0 spiro atoms. The van der Waals surface area contributed by atoms with Crippen LogP contribution in [0.25, 0.3) is 0 Å². The van der Waals surface area contributed by atoms with Crippen molar-refractivity contribution in [2.45, 2.75) is 6.10 Å². The van der Waals surface area contributed by atoms with Crippen molar-refractivity contribution in [3.05, 3.63) is 29.8 Å². The maximum absolute atomic E-state index is 12.0. The van der Waals surface area contributed by atoms with Crippen molar-refractivity contribution in [1.29, 1.82) is 0 Å². The second-order valence-corrected chi connectivity index (χ2v) is 3.96. The van der Waals surface area contributed by atoms with Gasteiger partial charge < -0.3 is 19.5 Å². The molecule has 1 aromatic carbocycles. The zero-order chi connectivity index (χ0) is 13.7. The average Bonchev–Trinajstić information content (AvgIpc) is 2.48. The van der Waals surface area contributed by atoms with Crippen LogP contribution in [-0.2, 0) is 19.0 Å². The Bertz CT molecular complexity index is 468. The molecule has 0 aromatic heterocycles. The number of benzene rings is 1. The van der Waals surface area contributed by atoms with Crippen LogP contribution in [0.2, 0.25) is 0 Å². The first-order chi connectivity index (χ1) is 9.22. The lowest BCUT2D eigenvalue weighted by Crippen LogP contribution is -2.39. The zero-order valence-electron chi connectivity index (χ0n) is 10.5. The summed E-state index contributed by atoms with van der Waals surface area (Å²) in [6, 6.07) is 6.63. The highest BCUT2D eigenvalue weighted by Crippen LogP contribution is 2.17. The highest BCUT2D eigenvalue weighted by atomic mass is 16.6. The molecule has 1 fully saturated rings. The van der Waals surface area contributed by atoms with Gasteiger partial charge in [0.05, 0.1) is 38.2 Å². The fraction of sp³-hybridized carbons (Fsp3) is 0.385. The molecule has 1 heterocycles. The van der Waals surface area contributed by atoms with Crippen LogP contribution in [-0.4, -0.2) is 44.9 Å². The van der Waals surface area contributed by atoms with Crippen LogP contribution in [0.15, 0.2) is 24.3 Å². The summed E-state index contributed by atoms with van der Waals surface area (Å²) >= 11 is 0. The van der Waals surface area contributed by atoms with Crippen LogP contribution in [0.4, 0.5) is 5.69 Å². The third-order valence-electron chi connectivity index (χ3n) is 2.70. The van der Waals surface area contributed by atoms with Crippen molar-refractivity contribution < 1.29 is 23.8 Å². The zero-order valence-corrected chi connectivity index (χ0v) is 10.5. The van der Waals surface area contributed by atoms with Crippen LogP contribution in [0.3, 0.4) is 0 Å². The smallest absolute Gasteiger partial charge is 0.339 e. The lowest BCUT2D eigenvalue weighted by atomic mass is 10.1. The molecule has 0 bridgehead atoms. The minimum absolute atomic E-state index is 0.215. The Morgan fingerprint density at radius 3 is 2.79 bits per heavy atom. The van der Waals surface area contributed by atoms with Gasteiger partial charge in [0.15, 0.2) is 6.10 Å². The minimum atomic E-state index is -0.653. The van der Waals surface area contributed by atoms with Gasteiger partial charge in [-0.2, -0.15) is 0 Å². The molecule has 19 heavy (non-hydrogen) atoms. The molecule has 1 unspecified atom stereocenters. The molecule has 1 atom stereocenters. The van der Waals surface area contributed by atoms with Crippen LogP contribution in [0, 0.1) is 0 Å². The van der Waals surface area contributed by atoms with Crippen molar-refractivity contribution in [3.63, 3.8) is 0 Å². The normalized spacial score (nSPS) is 18.7. The van der Waals surface area contributed by atoms with E-state index in [1.165, 1.54) is 7.11 Å². The van der Waals surface area contributed by atoms with Gasteiger partial charge in [-0.05, 0) is 12.1 Å². The van der Waals surface area contributed by atoms with Crippen molar-refractivity contribution in [3.8, 4) is 0 Å². The van der Waals surface area contributed by atoms with Gasteiger partial charge in [0.2, 0.25) is 0 Å². The molecule has 0 saturated carbocycles. The second-order valence-electron chi connectivity index (χ2n) is 3.96. The molecule has 6 heteroatoms. The SMILES string of the molecule is COC(=O)c1ccccc1NC(=O)C1COCCO1. The molecule has 6 nitrogen and oxygen atoms in total. The summed E-state index contributed by atoms with van der Waals surface area (Å²) in [7, 11) is 1.29. The van der Waals surface area contributed by atoms with E-state index in [9.17, 15) is 9.59 Å². The number of carbonyl (C=O) groups is 2. The molecule has 1 saturated heterocycles. The quantitative estimate of drug-likeness (QED) is 0.819. The number of para-hydroxylation sites is 1. The highest BCUT2D eigenvalue weighted by Gasteiger charge is 2.24. The monoisotopic (exact) mass is 265 g/mol. The summed E-state index contributed by atoms with van der Waals surface area (Å²) in [5.41, 5.74) is 0.698. The average molecular weight is 265 g/mol. The van der Waals surface area contributed by atoms with E-state index in [1.54, 1.807) is 24.3 Å². The van der Waals surface area contributed by atoms with E-state index in [0.29, 0.717) is 24.5 Å². The first-order valence-corrected chi connectivity index (χ1v) is 5.90. The molecular formula is C13H15NO5. The Morgan fingerprint density at radius 1 is 1.32 bits per heavy atom. The van der Waals surface area contributed by atoms with Gasteiger partial charge in [-0.3, -0.25) is 4.79 Å². The predicted molar refractivity (Wildman–Crippen MR) is 67.0 cm³/mol. The number of hydrogen-bond acceptors (Lipinski definition) is 5. The van der Waals surface area contributed by atoms with Gasteiger partial charge in [0.1, 0.15) is 0 Å². The number of rotatable bonds is 3. The van der Waals surface area contributed by atoms with Gasteiger partial charge in [0.25, 0.3) is 5.91 Å². The van der Waals surface area contributed by atoms with E-state index in [4.69, 9.17) is 9.47 Å². The van der Waals surface area contributed by atoms with Crippen molar-refractivity contribution in [1.82, 2.24) is 0 Å². The van der Waals surface area contributed by atoms with Crippen molar-refractivity contribution in [2.75, 3.05) is 32.2 Å². The van der Waals surface area contributed by atoms with Crippen LogP contribution in [0.1, 0.15) is 10.4 Å². The minimum Gasteiger partial charge on any atom is -0.465 e. The lowest BCUT2D eigenvalue weighted by molar-refractivity contribution is -0.142. The Balaban J connectivity index is 2.09. The van der Waals surface area contributed by atoms with Gasteiger partial charge in [-0.25, -0.2) is 4.79 Å². The number of methoxy groups -OCH3 is 1. The van der Waals surface area contributed by atoms with E-state index in [2.05, 4.69) is 10.1 Å². The van der Waals surface area contributed by atoms with Gasteiger partial charge >= 0.3 is 5.97 Å². The lowest BCUT2D eigenvalue weighted by Gasteiger charge is -2.22. The molecule has 0 radical (unpaired) electrons. The van der Waals surface area contributed by atoms with Crippen molar-refractivity contribution >= 4 is 17.6 Å². The molecule has 1 aliphatic heterocycles. The van der Waals surface area contributed by atoms with Gasteiger partial charge in [-0.15, -0.1) is 0 Å². The van der Waals surface area contributed by atoms with E-state index in [0.717, 1.165) is 0 Å². The van der Waals surface area contributed by atoms with Crippen LogP contribution in [0.5, 0.6) is 0 Å². The highest BCUT2D eigenvalue weighted by molar-refractivity contribution is 6.02. The van der Waals surface area contributed by atoms with Crippen molar-refractivity contribution in [2.24, 2.45) is 0 Å². The summed E-state index contributed by atoms with van der Waals surface area (Å²) < 4.78 is 15.1. The largest absolute Gasteiger partial charge is 0.465 e. The summed E-state index contributed by atoms with van der Waals surface area (Å²) in [5, 5.41) is 2.65. The standard InChI is InChI=1S/C13H15NO5/c1-17-13(16)9-4-2-3-5-10(9)14-12(15)11-8-18-6-7-19-11/h2-5,11H,6-8H2,1H3,(H,14,15). The third kappa shape index (κ3) is 3.30. The molecular weight excluding hydrogens is 250 g/mol. The maximum Gasteiger partial charge on any atom is 0.339 e. The molecule has 1 N–H and O–H groups in total. The topological polar surface area (TPSA) is 73.9 Å². The summed E-state index contributed by atoms with van der Waals surface area (Å²) in [5.74, 6) is -0.840. The van der Waals surface area contributed by atoms with E-state index < -0.39 is 12.1 Å². The van der Waals surface area contributed by atoms with Gasteiger partial charge in [-0.1, -0.05) is 12.1 Å².